The van der Waals surface area contributed by atoms with Gasteiger partial charge in [-0.2, -0.15) is 0 Å². The third kappa shape index (κ3) is 6.03. The lowest BCUT2D eigenvalue weighted by Gasteiger charge is -2.18. The van der Waals surface area contributed by atoms with Crippen LogP contribution in [0.4, 0.5) is 4.39 Å². The minimum atomic E-state index is -1.16. The Morgan fingerprint density at radius 2 is 1.64 bits per heavy atom. The Bertz CT molecular complexity index is 1770. The summed E-state index contributed by atoms with van der Waals surface area (Å²) in [6.07, 6.45) is 2.07. The van der Waals surface area contributed by atoms with Crippen molar-refractivity contribution in [2.45, 2.75) is 58.3 Å². The van der Waals surface area contributed by atoms with Crippen LogP contribution in [0, 0.1) is 5.82 Å². The van der Waals surface area contributed by atoms with Gasteiger partial charge in [0.1, 0.15) is 11.6 Å². The maximum absolute atomic E-state index is 14.6. The van der Waals surface area contributed by atoms with E-state index in [1.165, 1.54) is 18.2 Å². The number of imidazole rings is 1. The van der Waals surface area contributed by atoms with Crippen LogP contribution in [0.15, 0.2) is 84.9 Å². The van der Waals surface area contributed by atoms with Crippen LogP contribution in [0.2, 0.25) is 0 Å². The SMILES string of the molecule is CCC[C@@H](CC(=O)c1ccc(-c2ccc(F)cc2-c2nc3ccc(C(C)(C)C)cc3[nH]2)c(C(=O)O)c1)c1ccccc1. The Hall–Kier alpha value is -4.58. The van der Waals surface area contributed by atoms with Crippen LogP contribution in [-0.4, -0.2) is 26.8 Å². The Kier molecular flexibility index (Phi) is 8.08. The molecule has 42 heavy (non-hydrogen) atoms. The number of rotatable bonds is 9. The zero-order valence-electron chi connectivity index (χ0n) is 24.4. The molecular weight excluding hydrogens is 527 g/mol. The topological polar surface area (TPSA) is 83.0 Å². The largest absolute Gasteiger partial charge is 0.478 e. The molecule has 0 unspecified atom stereocenters. The smallest absolute Gasteiger partial charge is 0.336 e. The molecule has 6 heteroatoms. The minimum Gasteiger partial charge on any atom is -0.478 e. The van der Waals surface area contributed by atoms with E-state index in [-0.39, 0.29) is 29.1 Å². The van der Waals surface area contributed by atoms with Crippen LogP contribution < -0.4 is 0 Å². The Morgan fingerprint density at radius 3 is 2.33 bits per heavy atom. The number of aromatic carboxylic acids is 1. The molecule has 5 nitrogen and oxygen atoms in total. The second-order valence-electron chi connectivity index (χ2n) is 11.8. The first-order valence-electron chi connectivity index (χ1n) is 14.3. The maximum atomic E-state index is 14.6. The summed E-state index contributed by atoms with van der Waals surface area (Å²) in [6.45, 7) is 8.47. The number of carbonyl (C=O) groups is 2. The molecule has 0 aliphatic heterocycles. The molecule has 0 aliphatic rings. The first-order chi connectivity index (χ1) is 20.0. The predicted octanol–water partition coefficient (Wildman–Crippen LogP) is 9.19. The number of Topliss-reactive ketones (excluding diaryl/α,β-unsaturated/α-hetero) is 1. The van der Waals surface area contributed by atoms with Crippen molar-refractivity contribution < 1.29 is 19.1 Å². The fourth-order valence-electron chi connectivity index (χ4n) is 5.48. The molecule has 0 amide bonds. The molecule has 0 aliphatic carbocycles. The number of fused-ring (bicyclic) bond motifs is 1. The summed E-state index contributed by atoms with van der Waals surface area (Å²) in [5.74, 6) is -1.25. The Balaban J connectivity index is 1.54. The lowest BCUT2D eigenvalue weighted by Crippen LogP contribution is -2.10. The van der Waals surface area contributed by atoms with Gasteiger partial charge in [0.05, 0.1) is 16.6 Å². The van der Waals surface area contributed by atoms with E-state index in [4.69, 9.17) is 4.98 Å². The summed E-state index contributed by atoms with van der Waals surface area (Å²) >= 11 is 0. The number of aromatic nitrogens is 2. The molecule has 0 spiro atoms. The number of carboxylic acid groups (broad SMARTS) is 1. The van der Waals surface area contributed by atoms with Crippen molar-refractivity contribution in [3.8, 4) is 22.5 Å². The summed E-state index contributed by atoms with van der Waals surface area (Å²) in [5.41, 5.74) is 5.37. The van der Waals surface area contributed by atoms with Crippen LogP contribution in [0.3, 0.4) is 0 Å². The van der Waals surface area contributed by atoms with Gasteiger partial charge in [0.25, 0.3) is 0 Å². The number of benzene rings is 4. The van der Waals surface area contributed by atoms with Crippen molar-refractivity contribution in [1.82, 2.24) is 9.97 Å². The molecule has 5 rings (SSSR count). The van der Waals surface area contributed by atoms with Crippen molar-refractivity contribution in [2.75, 3.05) is 0 Å². The Labute approximate surface area is 245 Å². The van der Waals surface area contributed by atoms with Crippen molar-refractivity contribution in [3.63, 3.8) is 0 Å². The minimum absolute atomic E-state index is 0.0217. The van der Waals surface area contributed by atoms with Crippen molar-refractivity contribution in [1.29, 1.82) is 0 Å². The van der Waals surface area contributed by atoms with Gasteiger partial charge in [-0.25, -0.2) is 14.2 Å². The van der Waals surface area contributed by atoms with Crippen LogP contribution in [0.5, 0.6) is 0 Å². The van der Waals surface area contributed by atoms with Gasteiger partial charge in [-0.1, -0.05) is 88.7 Å². The van der Waals surface area contributed by atoms with E-state index < -0.39 is 11.8 Å². The molecule has 0 saturated heterocycles. The quantitative estimate of drug-likeness (QED) is 0.175. The second kappa shape index (κ2) is 11.7. The molecule has 0 radical (unpaired) electrons. The van der Waals surface area contributed by atoms with E-state index in [2.05, 4.69) is 32.7 Å². The standard InChI is InChI=1S/C36H35FN2O3/c1-5-9-23(22-10-7-6-8-11-22)19-33(40)24-12-15-28(30(18-24)35(41)42)27-16-14-26(37)21-29(27)34-38-31-17-13-25(36(2,3)4)20-32(31)39-34/h6-8,10-18,20-21,23H,5,9,19H2,1-4H3,(H,38,39)(H,41,42)/t23-/m0/s1. The highest BCUT2D eigenvalue weighted by Crippen LogP contribution is 2.36. The fraction of sp³-hybridized carbons (Fsp3) is 0.250. The van der Waals surface area contributed by atoms with E-state index in [0.29, 0.717) is 28.1 Å². The highest BCUT2D eigenvalue weighted by molar-refractivity contribution is 6.04. The summed E-state index contributed by atoms with van der Waals surface area (Å²) < 4.78 is 14.6. The van der Waals surface area contributed by atoms with Gasteiger partial charge in [0.15, 0.2) is 5.78 Å². The normalized spacial score (nSPS) is 12.4. The lowest BCUT2D eigenvalue weighted by molar-refractivity contribution is 0.0697. The van der Waals surface area contributed by atoms with E-state index in [9.17, 15) is 19.1 Å². The van der Waals surface area contributed by atoms with Gasteiger partial charge in [-0.15, -0.1) is 0 Å². The number of hydrogen-bond donors (Lipinski definition) is 2. The van der Waals surface area contributed by atoms with Crippen LogP contribution in [0.25, 0.3) is 33.5 Å². The number of hydrogen-bond acceptors (Lipinski definition) is 3. The van der Waals surface area contributed by atoms with Gasteiger partial charge in [-0.3, -0.25) is 4.79 Å². The number of carboxylic acids is 1. The average molecular weight is 563 g/mol. The van der Waals surface area contributed by atoms with Crippen LogP contribution >= 0.6 is 0 Å². The molecule has 0 bridgehead atoms. The number of aromatic amines is 1. The average Bonchev–Trinajstić information content (AvgIpc) is 3.40. The highest BCUT2D eigenvalue weighted by Gasteiger charge is 2.22. The fourth-order valence-corrected chi connectivity index (χ4v) is 5.48. The van der Waals surface area contributed by atoms with E-state index in [1.54, 1.807) is 18.2 Å². The molecule has 2 N–H and O–H groups in total. The van der Waals surface area contributed by atoms with E-state index in [0.717, 1.165) is 35.0 Å². The number of nitrogens with one attached hydrogen (secondary N) is 1. The number of nitrogens with zero attached hydrogens (tertiary/aromatic N) is 1. The number of H-pyrrole nitrogens is 1. The third-order valence-corrected chi connectivity index (χ3v) is 7.79. The first-order valence-corrected chi connectivity index (χ1v) is 14.3. The highest BCUT2D eigenvalue weighted by atomic mass is 19.1. The first kappa shape index (κ1) is 28.9. The third-order valence-electron chi connectivity index (χ3n) is 7.79. The molecule has 0 saturated carbocycles. The zero-order valence-corrected chi connectivity index (χ0v) is 24.4. The van der Waals surface area contributed by atoms with Crippen LogP contribution in [0.1, 0.15) is 84.7 Å². The predicted molar refractivity (Wildman–Crippen MR) is 166 cm³/mol. The summed E-state index contributed by atoms with van der Waals surface area (Å²) in [6, 6.07) is 24.9. The van der Waals surface area contributed by atoms with Gasteiger partial charge >= 0.3 is 5.97 Å². The van der Waals surface area contributed by atoms with E-state index in [1.807, 2.05) is 48.5 Å². The summed E-state index contributed by atoms with van der Waals surface area (Å²) in [7, 11) is 0. The van der Waals surface area contributed by atoms with Crippen molar-refractivity contribution >= 4 is 22.8 Å². The number of carbonyl (C=O) groups excluding carboxylic acids is 1. The summed E-state index contributed by atoms with van der Waals surface area (Å²) in [5, 5.41) is 10.2. The molecule has 4 aromatic carbocycles. The van der Waals surface area contributed by atoms with Crippen molar-refractivity contribution in [2.24, 2.45) is 0 Å². The van der Waals surface area contributed by atoms with Gasteiger partial charge < -0.3 is 10.1 Å². The Morgan fingerprint density at radius 1 is 0.905 bits per heavy atom. The van der Waals surface area contributed by atoms with Crippen molar-refractivity contribution in [3.05, 3.63) is 113 Å². The van der Waals surface area contributed by atoms with Gasteiger partial charge in [0.2, 0.25) is 0 Å². The van der Waals surface area contributed by atoms with E-state index >= 15 is 0 Å². The van der Waals surface area contributed by atoms with Gasteiger partial charge in [0, 0.05) is 17.5 Å². The molecule has 214 valence electrons. The molecule has 1 atom stereocenters. The summed E-state index contributed by atoms with van der Waals surface area (Å²) in [4.78, 5) is 33.9. The maximum Gasteiger partial charge on any atom is 0.336 e. The monoisotopic (exact) mass is 562 g/mol. The lowest BCUT2D eigenvalue weighted by atomic mass is 9.87. The molecular formula is C36H35FN2O3. The second-order valence-corrected chi connectivity index (χ2v) is 11.8. The van der Waals surface area contributed by atoms with Crippen LogP contribution in [-0.2, 0) is 5.41 Å². The molecule has 5 aromatic rings. The zero-order chi connectivity index (χ0) is 30.0. The number of halogens is 1. The van der Waals surface area contributed by atoms with Gasteiger partial charge in [-0.05, 0) is 70.3 Å². The number of ketones is 1. The molecule has 1 heterocycles. The molecule has 0 fully saturated rings. The molecule has 1 aromatic heterocycles.